The molecule has 1 unspecified atom stereocenters. The zero-order valence-electron chi connectivity index (χ0n) is 24.2. The molecule has 0 bridgehead atoms. The summed E-state index contributed by atoms with van der Waals surface area (Å²) in [6.07, 6.45) is 4.65. The molecule has 1 aromatic carbocycles. The van der Waals surface area contributed by atoms with Gasteiger partial charge in [0.1, 0.15) is 17.2 Å². The minimum absolute atomic E-state index is 0.0190. The lowest BCUT2D eigenvalue weighted by molar-refractivity contribution is -0.130. The van der Waals surface area contributed by atoms with E-state index in [-0.39, 0.29) is 30.1 Å². The zero-order chi connectivity index (χ0) is 30.1. The Bertz CT molecular complexity index is 1370. The molecule has 1 aliphatic heterocycles. The molecule has 3 amide bonds. The molecule has 11 nitrogen and oxygen atoms in total. The van der Waals surface area contributed by atoms with Crippen LogP contribution < -0.4 is 16.0 Å². The van der Waals surface area contributed by atoms with Crippen molar-refractivity contribution in [2.24, 2.45) is 5.92 Å². The average molecular weight is 580 g/mol. The summed E-state index contributed by atoms with van der Waals surface area (Å²) >= 11 is 0. The number of rotatable bonds is 12. The maximum Gasteiger partial charge on any atom is 0.407 e. The van der Waals surface area contributed by atoms with Crippen molar-refractivity contribution in [3.8, 4) is 11.3 Å². The van der Waals surface area contributed by atoms with Crippen molar-refractivity contribution in [1.29, 1.82) is 0 Å². The van der Waals surface area contributed by atoms with Crippen LogP contribution in [0.1, 0.15) is 49.5 Å². The standard InChI is InChI=1S/C30H38FN7O4/c1-30(2,3)42-29(41)33-12-5-14-38-15-11-21(28(38)40)17-34-27(39)24-8-9-25(22-18-35-36-19-22)37-26(24)32-13-10-20-6-4-7-23(31)16-20/h4,6-9,16,18-19,21H,5,10-15,17H2,1-3H3,(H,32,37)(H,33,41)(H,34,39)(H,35,36). The van der Waals surface area contributed by atoms with Gasteiger partial charge in [0.15, 0.2) is 0 Å². The van der Waals surface area contributed by atoms with Crippen LogP contribution in [-0.4, -0.2) is 76.3 Å². The predicted octanol–water partition coefficient (Wildman–Crippen LogP) is 3.76. The number of alkyl carbamates (subject to hydrolysis) is 1. The highest BCUT2D eigenvalue weighted by Crippen LogP contribution is 2.22. The maximum absolute atomic E-state index is 13.6. The van der Waals surface area contributed by atoms with Crippen LogP contribution in [0.3, 0.4) is 0 Å². The van der Waals surface area contributed by atoms with E-state index in [1.54, 1.807) is 56.3 Å². The molecule has 3 heterocycles. The third kappa shape index (κ3) is 8.76. The number of nitrogens with zero attached hydrogens (tertiary/aromatic N) is 3. The van der Waals surface area contributed by atoms with Gasteiger partial charge in [-0.25, -0.2) is 14.2 Å². The molecule has 224 valence electrons. The van der Waals surface area contributed by atoms with Crippen LogP contribution in [-0.2, 0) is 16.0 Å². The van der Waals surface area contributed by atoms with Crippen LogP contribution in [0, 0.1) is 11.7 Å². The molecule has 1 saturated heterocycles. The summed E-state index contributed by atoms with van der Waals surface area (Å²) in [6.45, 7) is 7.55. The van der Waals surface area contributed by atoms with E-state index < -0.39 is 11.7 Å². The summed E-state index contributed by atoms with van der Waals surface area (Å²) < 4.78 is 18.8. The van der Waals surface area contributed by atoms with Gasteiger partial charge >= 0.3 is 6.09 Å². The second kappa shape index (κ2) is 13.9. The number of H-pyrrole nitrogens is 1. The number of anilines is 1. The molecule has 0 saturated carbocycles. The Morgan fingerprint density at radius 3 is 2.74 bits per heavy atom. The van der Waals surface area contributed by atoms with E-state index in [2.05, 4.69) is 31.1 Å². The molecule has 4 N–H and O–H groups in total. The summed E-state index contributed by atoms with van der Waals surface area (Å²) in [5.74, 6) is -0.600. The topological polar surface area (TPSA) is 141 Å². The van der Waals surface area contributed by atoms with Crippen molar-refractivity contribution >= 4 is 23.7 Å². The summed E-state index contributed by atoms with van der Waals surface area (Å²) in [6, 6.07) is 9.80. The van der Waals surface area contributed by atoms with Crippen molar-refractivity contribution in [3.05, 3.63) is 65.7 Å². The number of halogens is 1. The Morgan fingerprint density at radius 2 is 2.00 bits per heavy atom. The maximum atomic E-state index is 13.6. The quantitative estimate of drug-likeness (QED) is 0.240. The molecular weight excluding hydrogens is 541 g/mol. The second-order valence-electron chi connectivity index (χ2n) is 11.2. The normalized spacial score (nSPS) is 15.0. The summed E-state index contributed by atoms with van der Waals surface area (Å²) in [5.41, 5.74) is 2.01. The van der Waals surface area contributed by atoms with E-state index in [4.69, 9.17) is 4.74 Å². The lowest BCUT2D eigenvalue weighted by Gasteiger charge is -2.20. The van der Waals surface area contributed by atoms with Crippen LogP contribution in [0.15, 0.2) is 48.8 Å². The fourth-order valence-corrected chi connectivity index (χ4v) is 4.65. The monoisotopic (exact) mass is 579 g/mol. The summed E-state index contributed by atoms with van der Waals surface area (Å²) in [5, 5.41) is 15.5. The molecule has 12 heteroatoms. The number of aromatic nitrogens is 3. The molecule has 1 atom stereocenters. The number of amides is 3. The highest BCUT2D eigenvalue weighted by Gasteiger charge is 2.31. The highest BCUT2D eigenvalue weighted by molar-refractivity contribution is 5.99. The van der Waals surface area contributed by atoms with E-state index >= 15 is 0 Å². The number of benzene rings is 1. The van der Waals surface area contributed by atoms with E-state index in [0.717, 1.165) is 11.1 Å². The van der Waals surface area contributed by atoms with E-state index in [9.17, 15) is 18.8 Å². The highest BCUT2D eigenvalue weighted by atomic mass is 19.1. The number of likely N-dealkylation sites (tertiary alicyclic amines) is 1. The molecule has 0 aliphatic carbocycles. The van der Waals surface area contributed by atoms with E-state index in [1.165, 1.54) is 12.1 Å². The number of hydrogen-bond acceptors (Lipinski definition) is 7. The van der Waals surface area contributed by atoms with E-state index in [1.807, 2.05) is 6.07 Å². The van der Waals surface area contributed by atoms with Gasteiger partial charge in [0, 0.05) is 44.5 Å². The molecule has 4 rings (SSSR count). The van der Waals surface area contributed by atoms with Crippen molar-refractivity contribution in [3.63, 3.8) is 0 Å². The van der Waals surface area contributed by atoms with Crippen LogP contribution in [0.5, 0.6) is 0 Å². The number of carbonyl (C=O) groups is 3. The number of pyridine rings is 1. The summed E-state index contributed by atoms with van der Waals surface area (Å²) in [4.78, 5) is 44.3. The van der Waals surface area contributed by atoms with Crippen LogP contribution in [0.4, 0.5) is 15.0 Å². The molecular formula is C30H38FN7O4. The Hall–Kier alpha value is -4.48. The largest absolute Gasteiger partial charge is 0.444 e. The van der Waals surface area contributed by atoms with Gasteiger partial charge in [0.05, 0.1) is 23.4 Å². The first-order chi connectivity index (χ1) is 20.1. The molecule has 42 heavy (non-hydrogen) atoms. The molecule has 2 aromatic heterocycles. The number of hydrogen-bond donors (Lipinski definition) is 4. The SMILES string of the molecule is CC(C)(C)OC(=O)NCCCN1CCC(CNC(=O)c2ccc(-c3cn[nH]c3)nc2NCCc2cccc(F)c2)C1=O. The van der Waals surface area contributed by atoms with Crippen LogP contribution in [0.2, 0.25) is 0 Å². The zero-order valence-corrected chi connectivity index (χ0v) is 24.2. The van der Waals surface area contributed by atoms with Gasteiger partial charge in [-0.1, -0.05) is 12.1 Å². The smallest absolute Gasteiger partial charge is 0.407 e. The number of aromatic amines is 1. The third-order valence-electron chi connectivity index (χ3n) is 6.72. The van der Waals surface area contributed by atoms with Gasteiger partial charge < -0.3 is 25.6 Å². The van der Waals surface area contributed by atoms with Crippen molar-refractivity contribution in [2.75, 3.05) is 38.0 Å². The van der Waals surface area contributed by atoms with Gasteiger partial charge in [-0.15, -0.1) is 0 Å². The third-order valence-corrected chi connectivity index (χ3v) is 6.72. The van der Waals surface area contributed by atoms with Gasteiger partial charge in [-0.3, -0.25) is 14.7 Å². The van der Waals surface area contributed by atoms with Gasteiger partial charge in [-0.2, -0.15) is 5.10 Å². The summed E-state index contributed by atoms with van der Waals surface area (Å²) in [7, 11) is 0. The molecule has 1 fully saturated rings. The first kappa shape index (κ1) is 30.5. The first-order valence-corrected chi connectivity index (χ1v) is 14.1. The Balaban J connectivity index is 1.30. The molecule has 3 aromatic rings. The predicted molar refractivity (Wildman–Crippen MR) is 156 cm³/mol. The van der Waals surface area contributed by atoms with Gasteiger partial charge in [0.2, 0.25) is 5.91 Å². The Morgan fingerprint density at radius 1 is 1.17 bits per heavy atom. The number of carbonyl (C=O) groups excluding carboxylic acids is 3. The molecule has 0 spiro atoms. The molecule has 0 radical (unpaired) electrons. The second-order valence-corrected chi connectivity index (χ2v) is 11.2. The van der Waals surface area contributed by atoms with Gasteiger partial charge in [-0.05, 0) is 69.9 Å². The Kier molecular flexibility index (Phi) is 10.1. The fourth-order valence-electron chi connectivity index (χ4n) is 4.65. The van der Waals surface area contributed by atoms with E-state index in [0.29, 0.717) is 62.5 Å². The van der Waals surface area contributed by atoms with Crippen molar-refractivity contribution in [1.82, 2.24) is 30.7 Å². The lowest BCUT2D eigenvalue weighted by atomic mass is 10.1. The van der Waals surface area contributed by atoms with Gasteiger partial charge in [0.25, 0.3) is 5.91 Å². The minimum Gasteiger partial charge on any atom is -0.444 e. The first-order valence-electron chi connectivity index (χ1n) is 14.1. The molecule has 1 aliphatic rings. The van der Waals surface area contributed by atoms with Crippen LogP contribution >= 0.6 is 0 Å². The number of ether oxygens (including phenoxy) is 1. The number of nitrogens with one attached hydrogen (secondary N) is 4. The van der Waals surface area contributed by atoms with Crippen molar-refractivity contribution < 1.29 is 23.5 Å². The fraction of sp³-hybridized carbons (Fsp3) is 0.433. The minimum atomic E-state index is -0.565. The lowest BCUT2D eigenvalue weighted by Crippen LogP contribution is -2.37. The average Bonchev–Trinajstić information content (AvgIpc) is 3.59. The van der Waals surface area contributed by atoms with Crippen molar-refractivity contribution in [2.45, 2.75) is 45.6 Å². The Labute approximate surface area is 244 Å². The van der Waals surface area contributed by atoms with Crippen LogP contribution in [0.25, 0.3) is 11.3 Å².